The van der Waals surface area contributed by atoms with Crippen LogP contribution in [0, 0.1) is 6.92 Å². The van der Waals surface area contributed by atoms with Gasteiger partial charge in [0.15, 0.2) is 0 Å². The second-order valence-electron chi connectivity index (χ2n) is 6.44. The van der Waals surface area contributed by atoms with Gasteiger partial charge in [0.25, 0.3) is 0 Å². The predicted octanol–water partition coefficient (Wildman–Crippen LogP) is 4.58. The van der Waals surface area contributed by atoms with Gasteiger partial charge in [0, 0.05) is 35.6 Å². The quantitative estimate of drug-likeness (QED) is 0.695. The minimum absolute atomic E-state index is 0.456. The van der Waals surface area contributed by atoms with Crippen LogP contribution in [0.15, 0.2) is 28.8 Å². The Morgan fingerprint density at radius 3 is 2.77 bits per heavy atom. The number of hydrogen-bond donors (Lipinski definition) is 0. The first-order chi connectivity index (χ1) is 10.7. The van der Waals surface area contributed by atoms with Crippen molar-refractivity contribution in [2.75, 3.05) is 0 Å². The number of aryl methyl sites for hydroxylation is 2. The average Bonchev–Trinajstić information content (AvgIpc) is 3.14. The van der Waals surface area contributed by atoms with E-state index in [0.717, 1.165) is 11.5 Å². The highest BCUT2D eigenvalue weighted by Crippen LogP contribution is 2.33. The molecule has 0 bridgehead atoms. The van der Waals surface area contributed by atoms with Gasteiger partial charge in [-0.05, 0) is 43.5 Å². The fourth-order valence-corrected chi connectivity index (χ4v) is 3.59. The molecule has 1 saturated carbocycles. The first-order valence-corrected chi connectivity index (χ1v) is 8.12. The summed E-state index contributed by atoms with van der Waals surface area (Å²) in [6, 6.07) is 6.35. The van der Waals surface area contributed by atoms with Gasteiger partial charge in [-0.25, -0.2) is 0 Å². The summed E-state index contributed by atoms with van der Waals surface area (Å²) in [5.41, 5.74) is 3.51. The molecule has 4 nitrogen and oxygen atoms in total. The standard InChI is InChI=1S/C18H21N3O/c1-12-11-21(2)16-9-8-14(10-15(12)16)18-20-19-17(22-18)13-6-4-3-5-7-13/h8-11,13H,3-7H2,1-2H3. The van der Waals surface area contributed by atoms with E-state index in [0.29, 0.717) is 11.8 Å². The Kier molecular flexibility index (Phi) is 3.25. The third-order valence-electron chi connectivity index (χ3n) is 4.83. The van der Waals surface area contributed by atoms with Gasteiger partial charge in [0.2, 0.25) is 11.8 Å². The summed E-state index contributed by atoms with van der Waals surface area (Å²) < 4.78 is 8.12. The van der Waals surface area contributed by atoms with Crippen molar-refractivity contribution in [3.63, 3.8) is 0 Å². The van der Waals surface area contributed by atoms with E-state index < -0.39 is 0 Å². The number of benzene rings is 1. The molecule has 4 rings (SSSR count). The van der Waals surface area contributed by atoms with Crippen LogP contribution in [-0.4, -0.2) is 14.8 Å². The summed E-state index contributed by atoms with van der Waals surface area (Å²) in [5.74, 6) is 1.92. The van der Waals surface area contributed by atoms with Gasteiger partial charge < -0.3 is 8.98 Å². The SMILES string of the molecule is Cc1cn(C)c2ccc(-c3nnc(C4CCCCC4)o3)cc12. The van der Waals surface area contributed by atoms with E-state index in [-0.39, 0.29) is 0 Å². The first kappa shape index (κ1) is 13.6. The Morgan fingerprint density at radius 2 is 1.95 bits per heavy atom. The number of fused-ring (bicyclic) bond motifs is 1. The summed E-state index contributed by atoms with van der Waals surface area (Å²) in [7, 11) is 2.07. The molecule has 22 heavy (non-hydrogen) atoms. The summed E-state index contributed by atoms with van der Waals surface area (Å²) in [6.07, 6.45) is 8.39. The number of rotatable bonds is 2. The largest absolute Gasteiger partial charge is 0.420 e. The Bertz CT molecular complexity index is 809. The van der Waals surface area contributed by atoms with Gasteiger partial charge in [-0.1, -0.05) is 19.3 Å². The molecule has 0 spiro atoms. The van der Waals surface area contributed by atoms with E-state index in [9.17, 15) is 0 Å². The van der Waals surface area contributed by atoms with Gasteiger partial charge >= 0.3 is 0 Å². The second kappa shape index (κ2) is 5.27. The molecular weight excluding hydrogens is 274 g/mol. The molecule has 3 aromatic rings. The lowest BCUT2D eigenvalue weighted by atomic mass is 9.89. The summed E-state index contributed by atoms with van der Waals surface area (Å²) >= 11 is 0. The molecule has 0 N–H and O–H groups in total. The lowest BCUT2D eigenvalue weighted by molar-refractivity contribution is 0.367. The Labute approximate surface area is 130 Å². The molecule has 1 fully saturated rings. The van der Waals surface area contributed by atoms with Gasteiger partial charge in [0.05, 0.1) is 0 Å². The fourth-order valence-electron chi connectivity index (χ4n) is 3.59. The first-order valence-electron chi connectivity index (χ1n) is 8.12. The van der Waals surface area contributed by atoms with E-state index in [2.05, 4.69) is 53.1 Å². The molecule has 1 aromatic carbocycles. The van der Waals surface area contributed by atoms with Crippen LogP contribution in [0.1, 0.15) is 49.5 Å². The van der Waals surface area contributed by atoms with Crippen LogP contribution < -0.4 is 0 Å². The van der Waals surface area contributed by atoms with Crippen molar-refractivity contribution < 1.29 is 4.42 Å². The summed E-state index contributed by atoms with van der Waals surface area (Å²) in [6.45, 7) is 2.13. The third kappa shape index (κ3) is 2.23. The molecule has 0 aliphatic heterocycles. The van der Waals surface area contributed by atoms with Crippen molar-refractivity contribution in [1.82, 2.24) is 14.8 Å². The molecule has 0 saturated heterocycles. The van der Waals surface area contributed by atoms with Crippen molar-refractivity contribution in [2.24, 2.45) is 7.05 Å². The summed E-state index contributed by atoms with van der Waals surface area (Å²) in [4.78, 5) is 0. The van der Waals surface area contributed by atoms with E-state index in [1.165, 1.54) is 48.6 Å². The van der Waals surface area contributed by atoms with Gasteiger partial charge in [-0.15, -0.1) is 10.2 Å². The smallest absolute Gasteiger partial charge is 0.247 e. The minimum atomic E-state index is 0.456. The van der Waals surface area contributed by atoms with Gasteiger partial charge in [-0.2, -0.15) is 0 Å². The Balaban J connectivity index is 1.69. The number of nitrogens with zero attached hydrogens (tertiary/aromatic N) is 3. The molecule has 114 valence electrons. The second-order valence-corrected chi connectivity index (χ2v) is 6.44. The zero-order valence-corrected chi connectivity index (χ0v) is 13.2. The molecule has 2 aromatic heterocycles. The van der Waals surface area contributed by atoms with Gasteiger partial charge in [-0.3, -0.25) is 0 Å². The molecule has 4 heteroatoms. The highest BCUT2D eigenvalue weighted by molar-refractivity contribution is 5.87. The maximum absolute atomic E-state index is 5.98. The molecule has 1 aliphatic rings. The summed E-state index contributed by atoms with van der Waals surface area (Å²) in [5, 5.41) is 9.83. The highest BCUT2D eigenvalue weighted by Gasteiger charge is 2.21. The van der Waals surface area contributed by atoms with E-state index >= 15 is 0 Å². The average molecular weight is 295 g/mol. The molecule has 0 amide bonds. The highest BCUT2D eigenvalue weighted by atomic mass is 16.4. The maximum atomic E-state index is 5.98. The molecule has 2 heterocycles. The normalized spacial score (nSPS) is 16.5. The zero-order chi connectivity index (χ0) is 15.1. The van der Waals surface area contributed by atoms with E-state index in [4.69, 9.17) is 4.42 Å². The van der Waals surface area contributed by atoms with Crippen LogP contribution in [0.3, 0.4) is 0 Å². The molecular formula is C18H21N3O. The van der Waals surface area contributed by atoms with Crippen molar-refractivity contribution in [2.45, 2.75) is 44.9 Å². The molecule has 0 radical (unpaired) electrons. The maximum Gasteiger partial charge on any atom is 0.247 e. The minimum Gasteiger partial charge on any atom is -0.420 e. The van der Waals surface area contributed by atoms with E-state index in [1.54, 1.807) is 0 Å². The lowest BCUT2D eigenvalue weighted by Crippen LogP contribution is -2.04. The van der Waals surface area contributed by atoms with E-state index in [1.807, 2.05) is 0 Å². The van der Waals surface area contributed by atoms with Crippen molar-refractivity contribution in [3.8, 4) is 11.5 Å². The number of aromatic nitrogens is 3. The zero-order valence-electron chi connectivity index (χ0n) is 13.2. The predicted molar refractivity (Wildman–Crippen MR) is 86.8 cm³/mol. The topological polar surface area (TPSA) is 43.9 Å². The Morgan fingerprint density at radius 1 is 1.14 bits per heavy atom. The van der Waals surface area contributed by atoms with Crippen LogP contribution in [0.4, 0.5) is 0 Å². The molecule has 0 unspecified atom stereocenters. The van der Waals surface area contributed by atoms with Crippen LogP contribution in [0.25, 0.3) is 22.4 Å². The van der Waals surface area contributed by atoms with Crippen molar-refractivity contribution in [1.29, 1.82) is 0 Å². The van der Waals surface area contributed by atoms with Crippen LogP contribution in [0.2, 0.25) is 0 Å². The van der Waals surface area contributed by atoms with Crippen LogP contribution in [0.5, 0.6) is 0 Å². The monoisotopic (exact) mass is 295 g/mol. The van der Waals surface area contributed by atoms with Crippen LogP contribution >= 0.6 is 0 Å². The lowest BCUT2D eigenvalue weighted by Gasteiger charge is -2.17. The molecule has 0 atom stereocenters. The van der Waals surface area contributed by atoms with Gasteiger partial charge in [0.1, 0.15) is 0 Å². The van der Waals surface area contributed by atoms with Crippen molar-refractivity contribution >= 4 is 10.9 Å². The Hall–Kier alpha value is -2.10. The molecule has 1 aliphatic carbocycles. The number of hydrogen-bond acceptors (Lipinski definition) is 3. The fraction of sp³-hybridized carbons (Fsp3) is 0.444. The third-order valence-corrected chi connectivity index (χ3v) is 4.83. The van der Waals surface area contributed by atoms with Crippen molar-refractivity contribution in [3.05, 3.63) is 35.9 Å². The van der Waals surface area contributed by atoms with Crippen LogP contribution in [-0.2, 0) is 7.05 Å².